The maximum absolute atomic E-state index is 12.5. The average Bonchev–Trinajstić information content (AvgIpc) is 2.76. The molecule has 4 heteroatoms. The molecule has 0 spiro atoms. The van der Waals surface area contributed by atoms with Crippen LogP contribution in [0.4, 0.5) is 0 Å². The first-order chi connectivity index (χ1) is 15.4. The van der Waals surface area contributed by atoms with Crippen LogP contribution in [0.15, 0.2) is 60.7 Å². The topological polar surface area (TPSA) is 53.4 Å². The third-order valence-corrected chi connectivity index (χ3v) is 6.82. The van der Waals surface area contributed by atoms with Crippen LogP contribution in [-0.4, -0.2) is 34.0 Å². The Kier molecular flexibility index (Phi) is 6.43. The lowest BCUT2D eigenvalue weighted by molar-refractivity contribution is -0.152. The van der Waals surface area contributed by atoms with E-state index in [0.29, 0.717) is 19.3 Å². The zero-order chi connectivity index (χ0) is 22.7. The molecule has 1 N–H and O–H groups in total. The van der Waals surface area contributed by atoms with E-state index in [9.17, 15) is 9.90 Å². The summed E-state index contributed by atoms with van der Waals surface area (Å²) in [5.74, 6) is -0.679. The molecule has 0 unspecified atom stereocenters. The van der Waals surface area contributed by atoms with Crippen LogP contribution in [0.25, 0.3) is 11.1 Å². The molecule has 2 heterocycles. The monoisotopic (exact) mass is 428 g/mol. The summed E-state index contributed by atoms with van der Waals surface area (Å²) in [6.07, 6.45) is 1.85. The van der Waals surface area contributed by atoms with Gasteiger partial charge in [-0.15, -0.1) is 0 Å². The summed E-state index contributed by atoms with van der Waals surface area (Å²) in [5.41, 5.74) is 7.26. The SMILES string of the molecule is Cc1ccc(-c2ccccc2CC2(C(=O)O)CCN(Cc3cccc(C)n3)CC2)c(C)c1. The Morgan fingerprint density at radius 2 is 1.72 bits per heavy atom. The Hall–Kier alpha value is -2.98. The number of carbonyl (C=O) groups is 1. The smallest absolute Gasteiger partial charge is 0.310 e. The lowest BCUT2D eigenvalue weighted by atomic mass is 9.72. The highest BCUT2D eigenvalue weighted by atomic mass is 16.4. The van der Waals surface area contributed by atoms with Crippen molar-refractivity contribution in [3.63, 3.8) is 0 Å². The van der Waals surface area contributed by atoms with E-state index in [1.54, 1.807) is 0 Å². The number of piperidine rings is 1. The van der Waals surface area contributed by atoms with Crippen LogP contribution in [0, 0.1) is 26.2 Å². The molecule has 4 rings (SSSR count). The van der Waals surface area contributed by atoms with Crippen LogP contribution in [0.3, 0.4) is 0 Å². The van der Waals surface area contributed by atoms with Crippen molar-refractivity contribution in [3.05, 3.63) is 88.7 Å². The Morgan fingerprint density at radius 3 is 2.41 bits per heavy atom. The fourth-order valence-corrected chi connectivity index (χ4v) is 4.94. The maximum atomic E-state index is 12.5. The van der Waals surface area contributed by atoms with E-state index in [0.717, 1.165) is 42.1 Å². The van der Waals surface area contributed by atoms with Crippen LogP contribution in [0.1, 0.15) is 40.9 Å². The van der Waals surface area contributed by atoms with Crippen molar-refractivity contribution < 1.29 is 9.90 Å². The molecule has 3 aromatic rings. The number of aromatic nitrogens is 1. The molecule has 0 bridgehead atoms. The molecule has 1 aromatic heterocycles. The standard InChI is InChI=1S/C28H32N2O2/c1-20-11-12-25(21(2)17-20)26-10-5-4-8-23(26)18-28(27(31)32)13-15-30(16-14-28)19-24-9-6-7-22(3)29-24/h4-12,17H,13-16,18-19H2,1-3H3,(H,31,32). The summed E-state index contributed by atoms with van der Waals surface area (Å²) in [6, 6.07) is 20.9. The van der Waals surface area contributed by atoms with Crippen LogP contribution in [0.5, 0.6) is 0 Å². The van der Waals surface area contributed by atoms with Crippen molar-refractivity contribution in [2.75, 3.05) is 13.1 Å². The molecule has 32 heavy (non-hydrogen) atoms. The average molecular weight is 429 g/mol. The van der Waals surface area contributed by atoms with E-state index in [2.05, 4.69) is 54.1 Å². The highest BCUT2D eigenvalue weighted by molar-refractivity contribution is 5.77. The minimum Gasteiger partial charge on any atom is -0.481 e. The molecule has 1 fully saturated rings. The number of carboxylic acids is 1. The van der Waals surface area contributed by atoms with Gasteiger partial charge in [0.25, 0.3) is 0 Å². The van der Waals surface area contributed by atoms with Crippen molar-refractivity contribution in [2.24, 2.45) is 5.41 Å². The van der Waals surface area contributed by atoms with Gasteiger partial charge in [-0.1, -0.05) is 54.1 Å². The molecular formula is C28H32N2O2. The Balaban J connectivity index is 1.54. The van der Waals surface area contributed by atoms with Gasteiger partial charge in [0.1, 0.15) is 0 Å². The number of hydrogen-bond donors (Lipinski definition) is 1. The molecule has 1 saturated heterocycles. The first kappa shape index (κ1) is 22.2. The van der Waals surface area contributed by atoms with Crippen LogP contribution >= 0.6 is 0 Å². The fraction of sp³-hybridized carbons (Fsp3) is 0.357. The Morgan fingerprint density at radius 1 is 0.969 bits per heavy atom. The van der Waals surface area contributed by atoms with E-state index in [1.807, 2.05) is 37.3 Å². The zero-order valence-corrected chi connectivity index (χ0v) is 19.3. The second kappa shape index (κ2) is 9.25. The largest absolute Gasteiger partial charge is 0.481 e. The van der Waals surface area contributed by atoms with E-state index >= 15 is 0 Å². The maximum Gasteiger partial charge on any atom is 0.310 e. The van der Waals surface area contributed by atoms with Gasteiger partial charge in [0.2, 0.25) is 0 Å². The third-order valence-electron chi connectivity index (χ3n) is 6.82. The number of hydrogen-bond acceptors (Lipinski definition) is 3. The van der Waals surface area contributed by atoms with Gasteiger partial charge in [0.05, 0.1) is 11.1 Å². The second-order valence-corrected chi connectivity index (χ2v) is 9.28. The van der Waals surface area contributed by atoms with Crippen LogP contribution in [0.2, 0.25) is 0 Å². The summed E-state index contributed by atoms with van der Waals surface area (Å²) in [6.45, 7) is 8.55. The Bertz CT molecular complexity index is 1110. The van der Waals surface area contributed by atoms with Gasteiger partial charge in [-0.25, -0.2) is 0 Å². The molecule has 0 amide bonds. The minimum absolute atomic E-state index is 0.558. The summed E-state index contributed by atoms with van der Waals surface area (Å²) in [4.78, 5) is 19.5. The molecule has 2 aromatic carbocycles. The number of carboxylic acid groups (broad SMARTS) is 1. The number of likely N-dealkylation sites (tertiary alicyclic amines) is 1. The lowest BCUT2D eigenvalue weighted by Crippen LogP contribution is -2.45. The molecule has 166 valence electrons. The molecular weight excluding hydrogens is 396 g/mol. The van der Waals surface area contributed by atoms with E-state index in [-0.39, 0.29) is 0 Å². The predicted octanol–water partition coefficient (Wildman–Crippen LogP) is 5.58. The number of nitrogens with zero attached hydrogens (tertiary/aromatic N) is 2. The van der Waals surface area contributed by atoms with Crippen molar-refractivity contribution in [1.82, 2.24) is 9.88 Å². The highest BCUT2D eigenvalue weighted by Crippen LogP contribution is 2.39. The highest BCUT2D eigenvalue weighted by Gasteiger charge is 2.42. The van der Waals surface area contributed by atoms with E-state index in [4.69, 9.17) is 0 Å². The normalized spacial score (nSPS) is 16.1. The molecule has 0 aliphatic carbocycles. The first-order valence-corrected chi connectivity index (χ1v) is 11.4. The van der Waals surface area contributed by atoms with E-state index < -0.39 is 11.4 Å². The molecule has 0 radical (unpaired) electrons. The fourth-order valence-electron chi connectivity index (χ4n) is 4.94. The number of aryl methyl sites for hydroxylation is 3. The van der Waals surface area contributed by atoms with Gasteiger partial charge in [0.15, 0.2) is 0 Å². The van der Waals surface area contributed by atoms with Crippen molar-refractivity contribution in [1.29, 1.82) is 0 Å². The third kappa shape index (κ3) is 4.76. The Labute approximate surface area is 190 Å². The number of benzene rings is 2. The van der Waals surface area contributed by atoms with E-state index in [1.165, 1.54) is 16.7 Å². The molecule has 4 nitrogen and oxygen atoms in total. The predicted molar refractivity (Wildman–Crippen MR) is 129 cm³/mol. The zero-order valence-electron chi connectivity index (χ0n) is 19.3. The molecule has 0 atom stereocenters. The van der Waals surface area contributed by atoms with Crippen molar-refractivity contribution in [2.45, 2.75) is 46.6 Å². The molecule has 1 aliphatic heterocycles. The quantitative estimate of drug-likeness (QED) is 0.557. The van der Waals surface area contributed by atoms with Gasteiger partial charge in [-0.2, -0.15) is 0 Å². The molecule has 0 saturated carbocycles. The number of aliphatic carboxylic acids is 1. The van der Waals surface area contributed by atoms with Crippen LogP contribution in [-0.2, 0) is 17.8 Å². The second-order valence-electron chi connectivity index (χ2n) is 9.28. The van der Waals surface area contributed by atoms with Gasteiger partial charge in [-0.3, -0.25) is 14.7 Å². The number of rotatable bonds is 6. The van der Waals surface area contributed by atoms with Gasteiger partial charge in [-0.05, 0) is 87.5 Å². The summed E-state index contributed by atoms with van der Waals surface area (Å²) < 4.78 is 0. The van der Waals surface area contributed by atoms with Crippen molar-refractivity contribution in [3.8, 4) is 11.1 Å². The van der Waals surface area contributed by atoms with Crippen molar-refractivity contribution >= 4 is 5.97 Å². The molecule has 1 aliphatic rings. The minimum atomic E-state index is -0.731. The first-order valence-electron chi connectivity index (χ1n) is 11.4. The number of pyridine rings is 1. The van der Waals surface area contributed by atoms with Crippen LogP contribution < -0.4 is 0 Å². The summed E-state index contributed by atoms with van der Waals surface area (Å²) in [7, 11) is 0. The lowest BCUT2D eigenvalue weighted by Gasteiger charge is -2.39. The summed E-state index contributed by atoms with van der Waals surface area (Å²) in [5, 5.41) is 10.3. The van der Waals surface area contributed by atoms with Gasteiger partial charge in [0, 0.05) is 12.2 Å². The van der Waals surface area contributed by atoms with Gasteiger partial charge < -0.3 is 5.11 Å². The van der Waals surface area contributed by atoms with Gasteiger partial charge >= 0.3 is 5.97 Å². The summed E-state index contributed by atoms with van der Waals surface area (Å²) >= 11 is 0.